The molecule has 2 heterocycles. The SMILES string of the molecule is COc1cc(Nc2nc(-c3nc(-c4cccc(F)c4)cs3)cs2)cc(OC)c1. The van der Waals surface area contributed by atoms with E-state index < -0.39 is 0 Å². The summed E-state index contributed by atoms with van der Waals surface area (Å²) in [7, 11) is 3.22. The Kier molecular flexibility index (Phi) is 5.23. The molecule has 0 aliphatic carbocycles. The molecule has 0 bridgehead atoms. The first kappa shape index (κ1) is 18.4. The second-order valence-corrected chi connectivity index (χ2v) is 7.53. The summed E-state index contributed by atoms with van der Waals surface area (Å²) in [6.45, 7) is 0. The number of nitrogens with one attached hydrogen (secondary N) is 1. The second-order valence-electron chi connectivity index (χ2n) is 5.81. The zero-order valence-corrected chi connectivity index (χ0v) is 16.7. The molecule has 4 aromatic rings. The van der Waals surface area contributed by atoms with E-state index in [4.69, 9.17) is 9.47 Å². The van der Waals surface area contributed by atoms with Gasteiger partial charge in [0.25, 0.3) is 0 Å². The Hall–Kier alpha value is -2.97. The molecule has 1 N–H and O–H groups in total. The number of hydrogen-bond donors (Lipinski definition) is 1. The molecule has 0 radical (unpaired) electrons. The summed E-state index contributed by atoms with van der Waals surface area (Å²) in [6, 6.07) is 12.0. The maximum Gasteiger partial charge on any atom is 0.187 e. The highest BCUT2D eigenvalue weighted by Gasteiger charge is 2.12. The minimum atomic E-state index is -0.277. The molecule has 2 aromatic carbocycles. The maximum atomic E-state index is 13.4. The van der Waals surface area contributed by atoms with E-state index in [0.717, 1.165) is 32.8 Å². The summed E-state index contributed by atoms with van der Waals surface area (Å²) in [5.41, 5.74) is 3.07. The summed E-state index contributed by atoms with van der Waals surface area (Å²) in [4.78, 5) is 9.21. The van der Waals surface area contributed by atoms with Gasteiger partial charge < -0.3 is 14.8 Å². The Morgan fingerprint density at radius 3 is 2.36 bits per heavy atom. The highest BCUT2D eigenvalue weighted by molar-refractivity contribution is 7.15. The number of anilines is 2. The number of nitrogens with zero attached hydrogens (tertiary/aromatic N) is 2. The maximum absolute atomic E-state index is 13.4. The van der Waals surface area contributed by atoms with Crippen molar-refractivity contribution in [1.29, 1.82) is 0 Å². The second kappa shape index (κ2) is 7.95. The van der Waals surface area contributed by atoms with Crippen LogP contribution in [0.25, 0.3) is 22.0 Å². The molecule has 28 heavy (non-hydrogen) atoms. The third kappa shape index (κ3) is 3.97. The Morgan fingerprint density at radius 2 is 1.64 bits per heavy atom. The fraction of sp³-hybridized carbons (Fsp3) is 0.100. The van der Waals surface area contributed by atoms with E-state index in [0.29, 0.717) is 11.5 Å². The van der Waals surface area contributed by atoms with Crippen molar-refractivity contribution in [3.63, 3.8) is 0 Å². The number of benzene rings is 2. The van der Waals surface area contributed by atoms with Gasteiger partial charge in [0.15, 0.2) is 5.13 Å². The van der Waals surface area contributed by atoms with E-state index in [1.165, 1.54) is 34.8 Å². The topological polar surface area (TPSA) is 56.3 Å². The molecule has 0 aliphatic heterocycles. The Bertz CT molecular complexity index is 1090. The molecule has 0 aliphatic rings. The van der Waals surface area contributed by atoms with Gasteiger partial charge in [0.05, 0.1) is 19.9 Å². The first-order valence-corrected chi connectivity index (χ1v) is 10.1. The summed E-state index contributed by atoms with van der Waals surface area (Å²) in [5.74, 6) is 1.11. The first-order chi connectivity index (χ1) is 13.6. The van der Waals surface area contributed by atoms with Gasteiger partial charge in [-0.3, -0.25) is 0 Å². The average Bonchev–Trinajstić information content (AvgIpc) is 3.37. The standard InChI is InChI=1S/C20H16FN3O2S2/c1-25-15-7-14(8-16(9-15)26-2)22-20-24-18(11-28-20)19-23-17(10-27-19)12-4-3-5-13(21)6-12/h3-11H,1-2H3,(H,22,24). The molecule has 5 nitrogen and oxygen atoms in total. The van der Waals surface area contributed by atoms with Crippen LogP contribution in [0.5, 0.6) is 11.5 Å². The highest BCUT2D eigenvalue weighted by Crippen LogP contribution is 2.33. The van der Waals surface area contributed by atoms with Crippen LogP contribution >= 0.6 is 22.7 Å². The van der Waals surface area contributed by atoms with Crippen LogP contribution in [0.2, 0.25) is 0 Å². The molecular weight excluding hydrogens is 397 g/mol. The molecule has 0 fully saturated rings. The van der Waals surface area contributed by atoms with Gasteiger partial charge in [-0.25, -0.2) is 14.4 Å². The number of ether oxygens (including phenoxy) is 2. The van der Waals surface area contributed by atoms with Crippen molar-refractivity contribution in [1.82, 2.24) is 9.97 Å². The van der Waals surface area contributed by atoms with E-state index in [2.05, 4.69) is 15.3 Å². The van der Waals surface area contributed by atoms with Crippen molar-refractivity contribution in [2.45, 2.75) is 0 Å². The molecule has 2 aromatic heterocycles. The van der Waals surface area contributed by atoms with E-state index in [9.17, 15) is 4.39 Å². The summed E-state index contributed by atoms with van der Waals surface area (Å²) in [6.07, 6.45) is 0. The predicted molar refractivity (Wildman–Crippen MR) is 111 cm³/mol. The van der Waals surface area contributed by atoms with Crippen LogP contribution in [0.15, 0.2) is 53.2 Å². The number of methoxy groups -OCH3 is 2. The number of thiazole rings is 2. The average molecular weight is 413 g/mol. The molecule has 0 unspecified atom stereocenters. The van der Waals surface area contributed by atoms with Crippen molar-refractivity contribution in [3.8, 4) is 33.5 Å². The molecule has 8 heteroatoms. The van der Waals surface area contributed by atoms with Crippen LogP contribution < -0.4 is 14.8 Å². The molecular formula is C20H16FN3O2S2. The predicted octanol–water partition coefficient (Wildman–Crippen LogP) is 5.83. The van der Waals surface area contributed by atoms with Crippen LogP contribution in [0.4, 0.5) is 15.2 Å². The van der Waals surface area contributed by atoms with Crippen LogP contribution in [0, 0.1) is 5.82 Å². The normalized spacial score (nSPS) is 10.7. The van der Waals surface area contributed by atoms with Crippen molar-refractivity contribution >= 4 is 33.5 Å². The lowest BCUT2D eigenvalue weighted by Gasteiger charge is -2.08. The van der Waals surface area contributed by atoms with Gasteiger partial charge in [0, 0.05) is 40.2 Å². The van der Waals surface area contributed by atoms with Crippen LogP contribution in [-0.2, 0) is 0 Å². The first-order valence-electron chi connectivity index (χ1n) is 8.32. The van der Waals surface area contributed by atoms with E-state index in [1.54, 1.807) is 20.3 Å². The van der Waals surface area contributed by atoms with Crippen LogP contribution in [-0.4, -0.2) is 24.2 Å². The number of hydrogen-bond acceptors (Lipinski definition) is 7. The van der Waals surface area contributed by atoms with Gasteiger partial charge in [-0.15, -0.1) is 22.7 Å². The lowest BCUT2D eigenvalue weighted by atomic mass is 10.2. The quantitative estimate of drug-likeness (QED) is 0.431. The Balaban J connectivity index is 1.55. The number of halogens is 1. The summed E-state index contributed by atoms with van der Waals surface area (Å²) >= 11 is 2.95. The van der Waals surface area contributed by atoms with Gasteiger partial charge in [0.1, 0.15) is 28.0 Å². The zero-order valence-electron chi connectivity index (χ0n) is 15.1. The van der Waals surface area contributed by atoms with Gasteiger partial charge in [0.2, 0.25) is 0 Å². The molecule has 0 atom stereocenters. The molecule has 4 rings (SSSR count). The summed E-state index contributed by atoms with van der Waals surface area (Å²) < 4.78 is 24.0. The third-order valence-corrected chi connectivity index (χ3v) is 5.57. The zero-order chi connectivity index (χ0) is 19.5. The lowest BCUT2D eigenvalue weighted by Crippen LogP contribution is -1.93. The molecule has 142 valence electrons. The molecule has 0 saturated heterocycles. The van der Waals surface area contributed by atoms with E-state index >= 15 is 0 Å². The minimum absolute atomic E-state index is 0.277. The monoisotopic (exact) mass is 413 g/mol. The Labute approximate surface area is 169 Å². The van der Waals surface area contributed by atoms with Crippen molar-refractivity contribution in [3.05, 3.63) is 59.0 Å². The van der Waals surface area contributed by atoms with Crippen molar-refractivity contribution in [2.75, 3.05) is 19.5 Å². The third-order valence-electron chi connectivity index (χ3n) is 3.95. The van der Waals surface area contributed by atoms with E-state index in [1.807, 2.05) is 35.0 Å². The van der Waals surface area contributed by atoms with E-state index in [-0.39, 0.29) is 5.82 Å². The molecule has 0 spiro atoms. The lowest BCUT2D eigenvalue weighted by molar-refractivity contribution is 0.395. The van der Waals surface area contributed by atoms with Crippen LogP contribution in [0.3, 0.4) is 0 Å². The smallest absolute Gasteiger partial charge is 0.187 e. The van der Waals surface area contributed by atoms with Crippen LogP contribution in [0.1, 0.15) is 0 Å². The van der Waals surface area contributed by atoms with Gasteiger partial charge in [-0.1, -0.05) is 12.1 Å². The molecule has 0 amide bonds. The fourth-order valence-corrected chi connectivity index (χ4v) is 4.18. The van der Waals surface area contributed by atoms with Gasteiger partial charge in [-0.2, -0.15) is 0 Å². The largest absolute Gasteiger partial charge is 0.497 e. The van der Waals surface area contributed by atoms with Crippen molar-refractivity contribution < 1.29 is 13.9 Å². The fourth-order valence-electron chi connectivity index (χ4n) is 2.60. The number of rotatable bonds is 6. The Morgan fingerprint density at radius 1 is 0.893 bits per heavy atom. The van der Waals surface area contributed by atoms with Gasteiger partial charge >= 0.3 is 0 Å². The minimum Gasteiger partial charge on any atom is -0.497 e. The van der Waals surface area contributed by atoms with Crippen molar-refractivity contribution in [2.24, 2.45) is 0 Å². The highest BCUT2D eigenvalue weighted by atomic mass is 32.1. The number of aromatic nitrogens is 2. The van der Waals surface area contributed by atoms with Gasteiger partial charge in [-0.05, 0) is 12.1 Å². The molecule has 0 saturated carbocycles. The summed E-state index contributed by atoms with van der Waals surface area (Å²) in [5, 5.41) is 8.62.